The number of carbonyl (C=O) groups is 1. The van der Waals surface area contributed by atoms with E-state index in [4.69, 9.17) is 0 Å². The molecule has 202 valence electrons. The molecule has 6 rings (SSSR count). The molecule has 1 amide bonds. The van der Waals surface area contributed by atoms with Gasteiger partial charge in [0.1, 0.15) is 17.4 Å². The topological polar surface area (TPSA) is 109 Å². The van der Waals surface area contributed by atoms with Crippen LogP contribution in [-0.2, 0) is 13.6 Å². The number of imidazole rings is 1. The fourth-order valence-corrected chi connectivity index (χ4v) is 5.79. The minimum Gasteiger partial charge on any atom is -0.365 e. The summed E-state index contributed by atoms with van der Waals surface area (Å²) >= 11 is 1.67. The molecular weight excluding hydrogens is 530 g/mol. The molecule has 41 heavy (non-hydrogen) atoms. The number of nitriles is 1. The number of hydrogen-bond donors (Lipinski definition) is 2. The Morgan fingerprint density at radius 1 is 1.02 bits per heavy atom. The van der Waals surface area contributed by atoms with E-state index in [1.807, 2.05) is 62.1 Å². The quantitative estimate of drug-likeness (QED) is 0.231. The van der Waals surface area contributed by atoms with Gasteiger partial charge in [-0.3, -0.25) is 9.78 Å². The fraction of sp³-hybridized carbons (Fsp3) is 0.156. The number of fused-ring (bicyclic) bond motifs is 3. The minimum absolute atomic E-state index is 0.203. The van der Waals surface area contributed by atoms with E-state index >= 15 is 0 Å². The van der Waals surface area contributed by atoms with Crippen molar-refractivity contribution in [1.29, 1.82) is 5.26 Å². The Morgan fingerprint density at radius 2 is 1.85 bits per heavy atom. The minimum atomic E-state index is -0.289. The maximum absolute atomic E-state index is 13.3. The predicted octanol–water partition coefficient (Wildman–Crippen LogP) is 6.53. The number of carbonyl (C=O) groups excluding carboxylic acids is 1. The molecule has 2 N–H and O–H groups in total. The van der Waals surface area contributed by atoms with E-state index in [-0.39, 0.29) is 11.9 Å². The lowest BCUT2D eigenvalue weighted by molar-refractivity contribution is 0.0940. The summed E-state index contributed by atoms with van der Waals surface area (Å²) in [6.45, 7) is 4.45. The van der Waals surface area contributed by atoms with Gasteiger partial charge in [0, 0.05) is 28.4 Å². The highest BCUT2D eigenvalue weighted by atomic mass is 32.1. The van der Waals surface area contributed by atoms with Gasteiger partial charge >= 0.3 is 0 Å². The van der Waals surface area contributed by atoms with E-state index in [1.54, 1.807) is 23.6 Å². The number of benzene rings is 2. The molecule has 4 heterocycles. The molecule has 0 saturated heterocycles. The first-order valence-corrected chi connectivity index (χ1v) is 14.0. The highest BCUT2D eigenvalue weighted by Crippen LogP contribution is 2.33. The van der Waals surface area contributed by atoms with E-state index in [0.29, 0.717) is 23.5 Å². The van der Waals surface area contributed by atoms with Gasteiger partial charge in [-0.1, -0.05) is 35.9 Å². The summed E-state index contributed by atoms with van der Waals surface area (Å²) in [7, 11) is 1.99. The first-order chi connectivity index (χ1) is 19.9. The number of thiophene rings is 1. The summed E-state index contributed by atoms with van der Waals surface area (Å²) < 4.78 is 2.02. The molecular formula is C32H27N7OS. The SMILES string of the molecule is Cc1ccc([C@H](C)NC(=O)c2cc(C#N)cnc2NCc2ccc(-c3ccc4ncc5ncn(C)c5c4c3)s2)cc1. The Kier molecular flexibility index (Phi) is 6.91. The molecule has 0 unspecified atom stereocenters. The standard InChI is InChI=1S/C32H27N7OS/c1-19-4-6-22(7-5-19)20(2)38-32(40)26-12-21(14-33)15-35-31(26)36-16-24-9-11-29(41-24)23-8-10-27-25(13-23)30-28(17-34-27)37-18-39(30)3/h4-13,15,17-18,20H,16H2,1-3H3,(H,35,36)(H,38,40)/t20-/m0/s1. The van der Waals surface area contributed by atoms with Gasteiger partial charge < -0.3 is 15.2 Å². The van der Waals surface area contributed by atoms with Gasteiger partial charge in [0.25, 0.3) is 5.91 Å². The first kappa shape index (κ1) is 26.2. The number of rotatable bonds is 7. The second kappa shape index (κ2) is 10.8. The number of aromatic nitrogens is 4. The van der Waals surface area contributed by atoms with Crippen LogP contribution in [0.5, 0.6) is 0 Å². The van der Waals surface area contributed by atoms with Gasteiger partial charge in [-0.05, 0) is 55.3 Å². The highest BCUT2D eigenvalue weighted by molar-refractivity contribution is 7.15. The van der Waals surface area contributed by atoms with E-state index in [9.17, 15) is 10.1 Å². The summed E-state index contributed by atoms with van der Waals surface area (Å²) in [4.78, 5) is 28.9. The fourth-order valence-electron chi connectivity index (χ4n) is 4.84. The lowest BCUT2D eigenvalue weighted by atomic mass is 10.1. The Balaban J connectivity index is 1.21. The van der Waals surface area contributed by atoms with Crippen LogP contribution < -0.4 is 10.6 Å². The van der Waals surface area contributed by atoms with Gasteiger partial charge in [0.05, 0.1) is 47.3 Å². The van der Waals surface area contributed by atoms with E-state index in [2.05, 4.69) is 55.9 Å². The normalized spacial score (nSPS) is 11.9. The van der Waals surface area contributed by atoms with Crippen molar-refractivity contribution in [3.8, 4) is 16.5 Å². The van der Waals surface area contributed by atoms with Crippen molar-refractivity contribution in [2.75, 3.05) is 5.32 Å². The summed E-state index contributed by atoms with van der Waals surface area (Å²) in [6.07, 6.45) is 5.09. The van der Waals surface area contributed by atoms with Crippen molar-refractivity contribution in [2.45, 2.75) is 26.4 Å². The Morgan fingerprint density at radius 3 is 2.66 bits per heavy atom. The van der Waals surface area contributed by atoms with Gasteiger partial charge in [0.15, 0.2) is 0 Å². The van der Waals surface area contributed by atoms with E-state index in [0.717, 1.165) is 48.4 Å². The van der Waals surface area contributed by atoms with Crippen LogP contribution in [-0.4, -0.2) is 25.4 Å². The Bertz CT molecular complexity index is 1950. The molecule has 1 atom stereocenters. The van der Waals surface area contributed by atoms with Crippen LogP contribution in [0.2, 0.25) is 0 Å². The Labute approximate surface area is 241 Å². The van der Waals surface area contributed by atoms with Crippen molar-refractivity contribution >= 4 is 45.0 Å². The second-order valence-electron chi connectivity index (χ2n) is 10.0. The number of aryl methyl sites for hydroxylation is 2. The van der Waals surface area contributed by atoms with Crippen molar-refractivity contribution in [1.82, 2.24) is 24.8 Å². The molecule has 0 saturated carbocycles. The van der Waals surface area contributed by atoms with Gasteiger partial charge in [-0.2, -0.15) is 5.26 Å². The maximum atomic E-state index is 13.3. The highest BCUT2D eigenvalue weighted by Gasteiger charge is 2.18. The molecule has 2 aromatic carbocycles. The van der Waals surface area contributed by atoms with Crippen LogP contribution in [0.3, 0.4) is 0 Å². The average molecular weight is 558 g/mol. The zero-order chi connectivity index (χ0) is 28.5. The van der Waals surface area contributed by atoms with Crippen molar-refractivity contribution in [3.05, 3.63) is 107 Å². The van der Waals surface area contributed by atoms with Gasteiger partial charge in [0.2, 0.25) is 0 Å². The van der Waals surface area contributed by atoms with Crippen LogP contribution in [0.15, 0.2) is 79.4 Å². The zero-order valence-corrected chi connectivity index (χ0v) is 23.7. The third-order valence-electron chi connectivity index (χ3n) is 7.11. The molecule has 8 nitrogen and oxygen atoms in total. The molecule has 4 aromatic heterocycles. The number of amides is 1. The lowest BCUT2D eigenvalue weighted by Gasteiger charge is -2.16. The second-order valence-corrected chi connectivity index (χ2v) is 11.2. The van der Waals surface area contributed by atoms with Crippen molar-refractivity contribution in [3.63, 3.8) is 0 Å². The lowest BCUT2D eigenvalue weighted by Crippen LogP contribution is -2.27. The molecule has 0 aliphatic rings. The van der Waals surface area contributed by atoms with Crippen LogP contribution >= 0.6 is 11.3 Å². The predicted molar refractivity (Wildman–Crippen MR) is 163 cm³/mol. The van der Waals surface area contributed by atoms with Crippen LogP contribution in [0.4, 0.5) is 5.82 Å². The van der Waals surface area contributed by atoms with Crippen LogP contribution in [0.25, 0.3) is 32.4 Å². The molecule has 0 radical (unpaired) electrons. The molecule has 6 aromatic rings. The Hall–Kier alpha value is -5.07. The van der Waals surface area contributed by atoms with E-state index < -0.39 is 0 Å². The third-order valence-corrected chi connectivity index (χ3v) is 8.24. The number of nitrogens with one attached hydrogen (secondary N) is 2. The summed E-state index contributed by atoms with van der Waals surface area (Å²) in [5.74, 6) is 0.145. The smallest absolute Gasteiger partial charge is 0.255 e. The number of anilines is 1. The maximum Gasteiger partial charge on any atom is 0.255 e. The van der Waals surface area contributed by atoms with Crippen molar-refractivity contribution in [2.24, 2.45) is 7.05 Å². The van der Waals surface area contributed by atoms with Crippen LogP contribution in [0, 0.1) is 18.3 Å². The number of pyridine rings is 2. The number of hydrogen-bond acceptors (Lipinski definition) is 7. The molecule has 9 heteroatoms. The zero-order valence-electron chi connectivity index (χ0n) is 22.8. The van der Waals surface area contributed by atoms with Gasteiger partial charge in [-0.15, -0.1) is 11.3 Å². The van der Waals surface area contributed by atoms with E-state index in [1.165, 1.54) is 6.20 Å². The molecule has 0 aliphatic carbocycles. The van der Waals surface area contributed by atoms with Crippen molar-refractivity contribution < 1.29 is 4.79 Å². The molecule has 0 bridgehead atoms. The molecule has 0 fully saturated rings. The monoisotopic (exact) mass is 557 g/mol. The molecule has 0 spiro atoms. The average Bonchev–Trinajstić information content (AvgIpc) is 3.63. The third kappa shape index (κ3) is 5.25. The summed E-state index contributed by atoms with van der Waals surface area (Å²) in [5.41, 5.74) is 6.79. The largest absolute Gasteiger partial charge is 0.365 e. The summed E-state index contributed by atoms with van der Waals surface area (Å²) in [6, 6.07) is 22.0. The van der Waals surface area contributed by atoms with Gasteiger partial charge in [-0.25, -0.2) is 9.97 Å². The summed E-state index contributed by atoms with van der Waals surface area (Å²) in [5, 5.41) is 16.8. The molecule has 0 aliphatic heterocycles. The van der Waals surface area contributed by atoms with Crippen LogP contribution in [0.1, 0.15) is 44.9 Å². The first-order valence-electron chi connectivity index (χ1n) is 13.2. The number of nitrogens with zero attached hydrogens (tertiary/aromatic N) is 5.